The average Bonchev–Trinajstić information content (AvgIpc) is 3.46. The predicted octanol–water partition coefficient (Wildman–Crippen LogP) is 4.99. The van der Waals surface area contributed by atoms with Crippen molar-refractivity contribution in [3.05, 3.63) is 93.5 Å². The van der Waals surface area contributed by atoms with Crippen molar-refractivity contribution in [2.24, 2.45) is 0 Å². The van der Waals surface area contributed by atoms with Gasteiger partial charge in [0.05, 0.1) is 17.6 Å². The van der Waals surface area contributed by atoms with Crippen LogP contribution in [0.25, 0.3) is 38.9 Å². The molecule has 0 fully saturated rings. The van der Waals surface area contributed by atoms with Crippen molar-refractivity contribution in [1.82, 2.24) is 24.1 Å². The summed E-state index contributed by atoms with van der Waals surface area (Å²) in [6.07, 6.45) is 0. The Morgan fingerprint density at radius 2 is 1.54 bits per heavy atom. The fraction of sp³-hybridized carbons (Fsp3) is 0.172. The monoisotopic (exact) mass is 489 g/mol. The molecule has 7 rings (SSSR count). The summed E-state index contributed by atoms with van der Waals surface area (Å²) >= 11 is 0. The highest BCUT2D eigenvalue weighted by Gasteiger charge is 2.23. The van der Waals surface area contributed by atoms with Gasteiger partial charge in [0.2, 0.25) is 6.79 Å². The summed E-state index contributed by atoms with van der Waals surface area (Å²) in [5.41, 5.74) is 7.12. The number of nitrogens with zero attached hydrogens (tertiary/aromatic N) is 5. The number of fused-ring (bicyclic) bond motifs is 5. The van der Waals surface area contributed by atoms with Crippen molar-refractivity contribution in [2.45, 2.75) is 27.3 Å². The highest BCUT2D eigenvalue weighted by Crippen LogP contribution is 2.33. The van der Waals surface area contributed by atoms with E-state index < -0.39 is 0 Å². The number of para-hydroxylation sites is 2. The lowest BCUT2D eigenvalue weighted by atomic mass is 10.1. The number of aromatic nitrogens is 5. The van der Waals surface area contributed by atoms with Crippen LogP contribution in [0, 0.1) is 20.8 Å². The van der Waals surface area contributed by atoms with Gasteiger partial charge in [0.15, 0.2) is 22.8 Å². The first-order chi connectivity index (χ1) is 18.0. The number of hydrogen-bond donors (Lipinski definition) is 0. The molecule has 8 nitrogen and oxygen atoms in total. The van der Waals surface area contributed by atoms with Crippen LogP contribution in [-0.4, -0.2) is 30.9 Å². The summed E-state index contributed by atoms with van der Waals surface area (Å²) in [5, 5.41) is 0.457. The number of benzene rings is 3. The quantitative estimate of drug-likeness (QED) is 0.348. The van der Waals surface area contributed by atoms with Gasteiger partial charge in [-0.1, -0.05) is 24.3 Å². The van der Waals surface area contributed by atoms with Gasteiger partial charge in [-0.05, 0) is 73.9 Å². The zero-order valence-corrected chi connectivity index (χ0v) is 20.6. The molecule has 0 saturated heterocycles. The van der Waals surface area contributed by atoms with Crippen LogP contribution in [0.4, 0.5) is 0 Å². The summed E-state index contributed by atoms with van der Waals surface area (Å²) in [7, 11) is 0. The van der Waals surface area contributed by atoms with Crippen molar-refractivity contribution in [1.29, 1.82) is 0 Å². The summed E-state index contributed by atoms with van der Waals surface area (Å²) < 4.78 is 14.6. The first-order valence-electron chi connectivity index (χ1n) is 12.1. The molecule has 0 atom stereocenters. The van der Waals surface area contributed by atoms with Crippen LogP contribution in [0.1, 0.15) is 22.5 Å². The number of rotatable bonds is 3. The van der Waals surface area contributed by atoms with Crippen molar-refractivity contribution in [3.8, 4) is 17.2 Å². The van der Waals surface area contributed by atoms with E-state index in [1.54, 1.807) is 4.57 Å². The Bertz CT molecular complexity index is 1930. The van der Waals surface area contributed by atoms with Gasteiger partial charge in [0.25, 0.3) is 5.56 Å². The highest BCUT2D eigenvalue weighted by molar-refractivity contribution is 6.05. The SMILES string of the molecule is Cc1cc(C)cc(-n2c3nc4ccccc4nc3c3c(=O)n(Cc4ccc5c(c4)OCO5)c(C)nc32)c1. The van der Waals surface area contributed by atoms with Crippen LogP contribution < -0.4 is 15.0 Å². The van der Waals surface area contributed by atoms with Crippen LogP contribution in [0.3, 0.4) is 0 Å². The first-order valence-corrected chi connectivity index (χ1v) is 12.1. The molecule has 1 aliphatic rings. The molecule has 3 aromatic heterocycles. The predicted molar refractivity (Wildman–Crippen MR) is 142 cm³/mol. The molecule has 182 valence electrons. The van der Waals surface area contributed by atoms with E-state index >= 15 is 0 Å². The van der Waals surface area contributed by atoms with E-state index in [0.717, 1.165) is 33.4 Å². The third kappa shape index (κ3) is 3.36. The molecule has 0 saturated carbocycles. The fourth-order valence-corrected chi connectivity index (χ4v) is 5.16. The van der Waals surface area contributed by atoms with Crippen molar-refractivity contribution < 1.29 is 9.47 Å². The van der Waals surface area contributed by atoms with Crippen molar-refractivity contribution in [2.75, 3.05) is 6.79 Å². The second-order valence-electron chi connectivity index (χ2n) is 9.50. The average molecular weight is 490 g/mol. The smallest absolute Gasteiger partial charge is 0.265 e. The molecule has 0 N–H and O–H groups in total. The highest BCUT2D eigenvalue weighted by atomic mass is 16.7. The third-order valence-electron chi connectivity index (χ3n) is 6.80. The number of hydrogen-bond acceptors (Lipinski definition) is 6. The molecule has 0 radical (unpaired) electrons. The lowest BCUT2D eigenvalue weighted by Crippen LogP contribution is -2.24. The molecule has 1 aliphatic heterocycles. The second-order valence-corrected chi connectivity index (χ2v) is 9.50. The van der Waals surface area contributed by atoms with Crippen LogP contribution in [-0.2, 0) is 6.54 Å². The molecular formula is C29H23N5O3. The molecule has 3 aromatic carbocycles. The van der Waals surface area contributed by atoms with E-state index in [2.05, 4.69) is 32.0 Å². The Morgan fingerprint density at radius 1 is 0.811 bits per heavy atom. The maximum atomic E-state index is 14.1. The Labute approximate surface area is 211 Å². The Balaban J connectivity index is 1.53. The van der Waals surface area contributed by atoms with Crippen LogP contribution in [0.15, 0.2) is 65.5 Å². The zero-order chi connectivity index (χ0) is 25.3. The first kappa shape index (κ1) is 21.6. The maximum absolute atomic E-state index is 14.1. The molecule has 0 bridgehead atoms. The van der Waals surface area contributed by atoms with Crippen molar-refractivity contribution in [3.63, 3.8) is 0 Å². The largest absolute Gasteiger partial charge is 0.454 e. The molecule has 8 heteroatoms. The summed E-state index contributed by atoms with van der Waals surface area (Å²) in [6.45, 7) is 6.52. The Kier molecular flexibility index (Phi) is 4.60. The van der Waals surface area contributed by atoms with E-state index in [9.17, 15) is 4.79 Å². The van der Waals surface area contributed by atoms with E-state index in [0.29, 0.717) is 46.1 Å². The van der Waals surface area contributed by atoms with Gasteiger partial charge in [-0.3, -0.25) is 13.9 Å². The lowest BCUT2D eigenvalue weighted by molar-refractivity contribution is 0.174. The summed E-state index contributed by atoms with van der Waals surface area (Å²) in [6, 6.07) is 19.7. The van der Waals surface area contributed by atoms with Gasteiger partial charge in [-0.2, -0.15) is 0 Å². The summed E-state index contributed by atoms with van der Waals surface area (Å²) in [4.78, 5) is 28.9. The summed E-state index contributed by atoms with van der Waals surface area (Å²) in [5.74, 6) is 1.99. The molecule has 0 unspecified atom stereocenters. The normalized spacial score (nSPS) is 12.7. The van der Waals surface area contributed by atoms with Gasteiger partial charge in [-0.15, -0.1) is 0 Å². The van der Waals surface area contributed by atoms with Crippen LogP contribution in [0.5, 0.6) is 11.5 Å². The second kappa shape index (κ2) is 7.89. The number of ether oxygens (including phenoxy) is 2. The molecular weight excluding hydrogens is 466 g/mol. The topological polar surface area (TPSA) is 84.1 Å². The van der Waals surface area contributed by atoms with Gasteiger partial charge in [-0.25, -0.2) is 15.0 Å². The molecule has 37 heavy (non-hydrogen) atoms. The van der Waals surface area contributed by atoms with Crippen LogP contribution in [0.2, 0.25) is 0 Å². The van der Waals surface area contributed by atoms with Gasteiger partial charge < -0.3 is 9.47 Å². The molecule has 0 amide bonds. The van der Waals surface area contributed by atoms with Gasteiger partial charge in [0, 0.05) is 5.69 Å². The Morgan fingerprint density at radius 3 is 2.32 bits per heavy atom. The third-order valence-corrected chi connectivity index (χ3v) is 6.80. The molecule has 6 aromatic rings. The molecule has 0 aliphatic carbocycles. The van der Waals surface area contributed by atoms with E-state index in [-0.39, 0.29) is 12.4 Å². The van der Waals surface area contributed by atoms with E-state index in [1.807, 2.05) is 54.0 Å². The van der Waals surface area contributed by atoms with Gasteiger partial charge in [0.1, 0.15) is 16.7 Å². The van der Waals surface area contributed by atoms with Crippen LogP contribution >= 0.6 is 0 Å². The minimum atomic E-state index is -0.155. The van der Waals surface area contributed by atoms with Crippen molar-refractivity contribution >= 4 is 33.2 Å². The fourth-order valence-electron chi connectivity index (χ4n) is 5.16. The standard InChI is InChI=1S/C29H23N5O3/c1-16-10-17(2)12-20(11-16)34-27-25(26-28(34)32-22-7-5-4-6-21(22)31-26)29(35)33(18(3)30-27)14-19-8-9-23-24(13-19)37-15-36-23/h4-13H,14-15H2,1-3H3. The molecule has 4 heterocycles. The minimum Gasteiger partial charge on any atom is -0.454 e. The number of aryl methyl sites for hydroxylation is 3. The van der Waals surface area contributed by atoms with E-state index in [4.69, 9.17) is 24.4 Å². The molecule has 0 spiro atoms. The van der Waals surface area contributed by atoms with Gasteiger partial charge >= 0.3 is 0 Å². The maximum Gasteiger partial charge on any atom is 0.265 e. The minimum absolute atomic E-state index is 0.155. The van der Waals surface area contributed by atoms with E-state index in [1.165, 1.54) is 0 Å². The Hall–Kier alpha value is -4.72. The zero-order valence-electron chi connectivity index (χ0n) is 20.6. The lowest BCUT2D eigenvalue weighted by Gasteiger charge is -2.12.